The monoisotopic (exact) mass is 313 g/mol. The predicted molar refractivity (Wildman–Crippen MR) is 88.7 cm³/mol. The summed E-state index contributed by atoms with van der Waals surface area (Å²) >= 11 is 0. The fourth-order valence-electron chi connectivity index (χ4n) is 2.55. The molecule has 2 aromatic rings. The first-order valence-corrected chi connectivity index (χ1v) is 7.52. The standard InChI is InChI=1S/C16H19N5O2/c1-19-12-13(5-6-15(19)22)18-16(23)21-10-8-20(9-11-21)14-4-2-3-7-17-14/h2-7,12H,8-11H2,1H3,(H,18,23). The average Bonchev–Trinajstić information content (AvgIpc) is 2.59. The molecule has 0 aromatic carbocycles. The van der Waals surface area contributed by atoms with Crippen molar-refractivity contribution in [2.75, 3.05) is 36.4 Å². The van der Waals surface area contributed by atoms with Crippen LogP contribution in [0.5, 0.6) is 0 Å². The molecule has 1 fully saturated rings. The number of amides is 2. The minimum atomic E-state index is -0.149. The Balaban J connectivity index is 1.58. The van der Waals surface area contributed by atoms with E-state index in [-0.39, 0.29) is 11.6 Å². The third-order valence-corrected chi connectivity index (χ3v) is 3.88. The molecule has 1 N–H and O–H groups in total. The Bertz CT molecular complexity index is 736. The zero-order valence-electron chi connectivity index (χ0n) is 13.0. The summed E-state index contributed by atoms with van der Waals surface area (Å²) in [5.41, 5.74) is 0.510. The van der Waals surface area contributed by atoms with Crippen molar-refractivity contribution in [2.24, 2.45) is 7.05 Å². The number of aryl methyl sites for hydroxylation is 1. The number of aromatic nitrogens is 2. The van der Waals surface area contributed by atoms with Crippen molar-refractivity contribution in [1.29, 1.82) is 0 Å². The number of urea groups is 1. The maximum atomic E-state index is 12.3. The molecule has 1 saturated heterocycles. The van der Waals surface area contributed by atoms with E-state index in [1.807, 2.05) is 18.2 Å². The van der Waals surface area contributed by atoms with Crippen molar-refractivity contribution in [3.8, 4) is 0 Å². The first-order valence-electron chi connectivity index (χ1n) is 7.52. The number of rotatable bonds is 2. The maximum absolute atomic E-state index is 12.3. The van der Waals surface area contributed by atoms with Gasteiger partial charge >= 0.3 is 6.03 Å². The van der Waals surface area contributed by atoms with Gasteiger partial charge in [0.1, 0.15) is 5.82 Å². The summed E-state index contributed by atoms with van der Waals surface area (Å²) in [7, 11) is 1.66. The van der Waals surface area contributed by atoms with E-state index in [4.69, 9.17) is 0 Å². The minimum absolute atomic E-state index is 0.105. The first-order chi connectivity index (χ1) is 11.1. The fraction of sp³-hybridized carbons (Fsp3) is 0.312. The lowest BCUT2D eigenvalue weighted by Gasteiger charge is -2.35. The average molecular weight is 313 g/mol. The van der Waals surface area contributed by atoms with E-state index in [9.17, 15) is 9.59 Å². The van der Waals surface area contributed by atoms with Gasteiger partial charge in [0.15, 0.2) is 0 Å². The minimum Gasteiger partial charge on any atom is -0.353 e. The topological polar surface area (TPSA) is 70.5 Å². The zero-order chi connectivity index (χ0) is 16.2. The summed E-state index contributed by atoms with van der Waals surface area (Å²) in [5, 5.41) is 2.83. The second-order valence-electron chi connectivity index (χ2n) is 5.46. The second-order valence-corrected chi connectivity index (χ2v) is 5.46. The summed E-state index contributed by atoms with van der Waals surface area (Å²) in [4.78, 5) is 31.9. The molecule has 0 bridgehead atoms. The number of anilines is 2. The number of nitrogens with one attached hydrogen (secondary N) is 1. The molecule has 3 rings (SSSR count). The maximum Gasteiger partial charge on any atom is 0.322 e. The van der Waals surface area contributed by atoms with Crippen LogP contribution in [0.15, 0.2) is 47.5 Å². The van der Waals surface area contributed by atoms with Gasteiger partial charge in [0, 0.05) is 51.7 Å². The Labute approximate surface area is 134 Å². The molecule has 0 spiro atoms. The van der Waals surface area contributed by atoms with Gasteiger partial charge in [-0.2, -0.15) is 0 Å². The number of hydrogen-bond acceptors (Lipinski definition) is 4. The molecule has 3 heterocycles. The van der Waals surface area contributed by atoms with Crippen LogP contribution >= 0.6 is 0 Å². The van der Waals surface area contributed by atoms with Crippen LogP contribution in [0.2, 0.25) is 0 Å². The normalized spacial score (nSPS) is 14.7. The number of nitrogens with zero attached hydrogens (tertiary/aromatic N) is 4. The van der Waals surface area contributed by atoms with Crippen molar-refractivity contribution in [3.63, 3.8) is 0 Å². The van der Waals surface area contributed by atoms with Crippen molar-refractivity contribution < 1.29 is 4.79 Å². The number of carbonyl (C=O) groups excluding carboxylic acids is 1. The van der Waals surface area contributed by atoms with Gasteiger partial charge in [-0.25, -0.2) is 9.78 Å². The summed E-state index contributed by atoms with van der Waals surface area (Å²) in [5.74, 6) is 0.936. The Morgan fingerprint density at radius 2 is 1.91 bits per heavy atom. The van der Waals surface area contributed by atoms with Gasteiger partial charge in [-0.3, -0.25) is 4.79 Å². The Hall–Kier alpha value is -2.83. The molecule has 1 aliphatic heterocycles. The zero-order valence-corrected chi connectivity index (χ0v) is 13.0. The molecule has 23 heavy (non-hydrogen) atoms. The van der Waals surface area contributed by atoms with E-state index in [1.54, 1.807) is 30.4 Å². The lowest BCUT2D eigenvalue weighted by Crippen LogP contribution is -2.50. The molecule has 2 amide bonds. The molecule has 2 aromatic heterocycles. The quantitative estimate of drug-likeness (QED) is 0.902. The van der Waals surface area contributed by atoms with Crippen LogP contribution < -0.4 is 15.8 Å². The molecule has 0 saturated carbocycles. The highest BCUT2D eigenvalue weighted by Crippen LogP contribution is 2.13. The van der Waals surface area contributed by atoms with E-state index in [0.29, 0.717) is 18.8 Å². The van der Waals surface area contributed by atoms with Crippen LogP contribution in [0.25, 0.3) is 0 Å². The van der Waals surface area contributed by atoms with Crippen LogP contribution in [0.4, 0.5) is 16.3 Å². The molecule has 120 valence electrons. The Kier molecular flexibility index (Phi) is 4.27. The van der Waals surface area contributed by atoms with Crippen LogP contribution in [0.1, 0.15) is 0 Å². The van der Waals surface area contributed by atoms with Gasteiger partial charge in [0.05, 0.1) is 5.69 Å². The second kappa shape index (κ2) is 6.51. The van der Waals surface area contributed by atoms with Gasteiger partial charge in [0.2, 0.25) is 5.56 Å². The lowest BCUT2D eigenvalue weighted by atomic mass is 10.3. The van der Waals surface area contributed by atoms with E-state index in [1.165, 1.54) is 10.6 Å². The highest BCUT2D eigenvalue weighted by molar-refractivity contribution is 5.89. The molecular weight excluding hydrogens is 294 g/mol. The number of piperazine rings is 1. The van der Waals surface area contributed by atoms with E-state index in [0.717, 1.165) is 18.9 Å². The Morgan fingerprint density at radius 3 is 2.57 bits per heavy atom. The van der Waals surface area contributed by atoms with E-state index in [2.05, 4.69) is 15.2 Å². The largest absolute Gasteiger partial charge is 0.353 e. The smallest absolute Gasteiger partial charge is 0.322 e. The Morgan fingerprint density at radius 1 is 1.13 bits per heavy atom. The SMILES string of the molecule is Cn1cc(NC(=O)N2CCN(c3ccccn3)CC2)ccc1=O. The molecule has 7 nitrogen and oxygen atoms in total. The summed E-state index contributed by atoms with van der Waals surface area (Å²) < 4.78 is 1.44. The number of carbonyl (C=O) groups is 1. The van der Waals surface area contributed by atoms with Gasteiger partial charge < -0.3 is 19.7 Å². The highest BCUT2D eigenvalue weighted by atomic mass is 16.2. The molecule has 0 atom stereocenters. The number of hydrogen-bond donors (Lipinski definition) is 1. The predicted octanol–water partition coefficient (Wildman–Crippen LogP) is 1.13. The van der Waals surface area contributed by atoms with Gasteiger partial charge in [-0.1, -0.05) is 6.07 Å². The van der Waals surface area contributed by atoms with E-state index >= 15 is 0 Å². The highest BCUT2D eigenvalue weighted by Gasteiger charge is 2.21. The van der Waals surface area contributed by atoms with Crippen LogP contribution in [-0.4, -0.2) is 46.7 Å². The summed E-state index contributed by atoms with van der Waals surface area (Å²) in [6.07, 6.45) is 3.39. The molecule has 7 heteroatoms. The molecule has 1 aliphatic rings. The summed E-state index contributed by atoms with van der Waals surface area (Å²) in [6.45, 7) is 2.76. The van der Waals surface area contributed by atoms with Crippen molar-refractivity contribution >= 4 is 17.5 Å². The fourth-order valence-corrected chi connectivity index (χ4v) is 2.55. The molecular formula is C16H19N5O2. The van der Waals surface area contributed by atoms with Crippen LogP contribution in [0, 0.1) is 0 Å². The molecule has 0 aliphatic carbocycles. The first kappa shape index (κ1) is 15.1. The lowest BCUT2D eigenvalue weighted by molar-refractivity contribution is 0.208. The third kappa shape index (κ3) is 3.50. The van der Waals surface area contributed by atoms with Crippen molar-refractivity contribution in [1.82, 2.24) is 14.5 Å². The van der Waals surface area contributed by atoms with Gasteiger partial charge in [0.25, 0.3) is 0 Å². The van der Waals surface area contributed by atoms with Gasteiger partial charge in [-0.15, -0.1) is 0 Å². The molecule has 0 unspecified atom stereocenters. The van der Waals surface area contributed by atoms with Crippen LogP contribution in [0.3, 0.4) is 0 Å². The van der Waals surface area contributed by atoms with Crippen molar-refractivity contribution in [2.45, 2.75) is 0 Å². The van der Waals surface area contributed by atoms with Crippen molar-refractivity contribution in [3.05, 3.63) is 53.1 Å². The third-order valence-electron chi connectivity index (χ3n) is 3.88. The van der Waals surface area contributed by atoms with Gasteiger partial charge in [-0.05, 0) is 18.2 Å². The van der Waals surface area contributed by atoms with Crippen LogP contribution in [-0.2, 0) is 7.05 Å². The summed E-state index contributed by atoms with van der Waals surface area (Å²) in [6, 6.07) is 8.73. The number of pyridine rings is 2. The van der Waals surface area contributed by atoms with E-state index < -0.39 is 0 Å². The molecule has 0 radical (unpaired) electrons.